The van der Waals surface area contributed by atoms with Crippen LogP contribution in [0.4, 0.5) is 5.82 Å². The molecule has 0 aliphatic heterocycles. The molecule has 1 aromatic heterocycles. The monoisotopic (exact) mass is 387 g/mol. The van der Waals surface area contributed by atoms with E-state index < -0.39 is 0 Å². The first kappa shape index (κ1) is 18.0. The normalized spacial score (nSPS) is 10.6. The maximum Gasteiger partial charge on any atom is 0.257 e. The lowest BCUT2D eigenvalue weighted by Gasteiger charge is -2.10. The van der Waals surface area contributed by atoms with E-state index in [0.717, 1.165) is 22.5 Å². The van der Waals surface area contributed by atoms with Crippen molar-refractivity contribution in [2.24, 2.45) is 0 Å². The highest BCUT2D eigenvalue weighted by Crippen LogP contribution is 2.27. The van der Waals surface area contributed by atoms with Gasteiger partial charge in [-0.25, -0.2) is 4.68 Å². The summed E-state index contributed by atoms with van der Waals surface area (Å²) in [7, 11) is 0. The summed E-state index contributed by atoms with van der Waals surface area (Å²) in [5.41, 5.74) is 4.02. The van der Waals surface area contributed by atoms with Gasteiger partial charge in [-0.1, -0.05) is 60.1 Å². The van der Waals surface area contributed by atoms with Gasteiger partial charge in [-0.05, 0) is 42.8 Å². The molecule has 138 valence electrons. The van der Waals surface area contributed by atoms with Crippen molar-refractivity contribution in [3.8, 4) is 16.9 Å². The Bertz CT molecular complexity index is 1140. The Morgan fingerprint density at radius 2 is 1.68 bits per heavy atom. The summed E-state index contributed by atoms with van der Waals surface area (Å²) in [6, 6.07) is 26.5. The molecule has 0 fully saturated rings. The van der Waals surface area contributed by atoms with Crippen LogP contribution in [0.5, 0.6) is 0 Å². The van der Waals surface area contributed by atoms with Gasteiger partial charge in [0, 0.05) is 22.2 Å². The number of para-hydroxylation sites is 1. The van der Waals surface area contributed by atoms with Gasteiger partial charge in [-0.3, -0.25) is 4.79 Å². The van der Waals surface area contributed by atoms with Gasteiger partial charge in [0.2, 0.25) is 0 Å². The quantitative estimate of drug-likeness (QED) is 0.484. The van der Waals surface area contributed by atoms with Crippen molar-refractivity contribution in [3.63, 3.8) is 0 Å². The van der Waals surface area contributed by atoms with Crippen molar-refractivity contribution >= 4 is 23.3 Å². The number of aryl methyl sites for hydroxylation is 1. The molecule has 1 heterocycles. The molecule has 0 aliphatic rings. The first-order valence-corrected chi connectivity index (χ1v) is 9.28. The third-order valence-corrected chi connectivity index (χ3v) is 4.70. The fourth-order valence-corrected chi connectivity index (χ4v) is 3.23. The summed E-state index contributed by atoms with van der Waals surface area (Å²) in [6.45, 7) is 1.92. The molecule has 0 saturated carbocycles. The molecule has 4 rings (SSSR count). The van der Waals surface area contributed by atoms with Gasteiger partial charge in [0.15, 0.2) is 0 Å². The second-order valence-corrected chi connectivity index (χ2v) is 6.88. The highest BCUT2D eigenvalue weighted by atomic mass is 35.5. The SMILES string of the molecule is Cc1ccccc1C(=O)Nc1cc(-c2cccc(Cl)c2)nn1-c1ccccc1. The topological polar surface area (TPSA) is 46.9 Å². The summed E-state index contributed by atoms with van der Waals surface area (Å²) in [5, 5.41) is 8.34. The summed E-state index contributed by atoms with van der Waals surface area (Å²) in [5.74, 6) is 0.419. The van der Waals surface area contributed by atoms with Gasteiger partial charge in [0.1, 0.15) is 5.82 Å². The number of benzene rings is 3. The number of carbonyl (C=O) groups excluding carboxylic acids is 1. The van der Waals surface area contributed by atoms with Crippen molar-refractivity contribution < 1.29 is 4.79 Å². The lowest BCUT2D eigenvalue weighted by Crippen LogP contribution is -2.16. The molecule has 0 spiro atoms. The number of nitrogens with one attached hydrogen (secondary N) is 1. The number of hydrogen-bond donors (Lipinski definition) is 1. The average Bonchev–Trinajstić information content (AvgIpc) is 3.13. The fraction of sp³-hybridized carbons (Fsp3) is 0.0435. The minimum absolute atomic E-state index is 0.173. The van der Waals surface area contributed by atoms with E-state index in [0.29, 0.717) is 16.4 Å². The molecule has 5 heteroatoms. The predicted molar refractivity (Wildman–Crippen MR) is 113 cm³/mol. The number of nitrogens with zero attached hydrogens (tertiary/aromatic N) is 2. The van der Waals surface area contributed by atoms with E-state index in [1.54, 1.807) is 4.68 Å². The minimum Gasteiger partial charge on any atom is -0.306 e. The van der Waals surface area contributed by atoms with Crippen molar-refractivity contribution in [3.05, 3.63) is 101 Å². The van der Waals surface area contributed by atoms with E-state index in [9.17, 15) is 4.79 Å². The molecule has 4 nitrogen and oxygen atoms in total. The first-order valence-electron chi connectivity index (χ1n) is 8.90. The van der Waals surface area contributed by atoms with Crippen LogP contribution < -0.4 is 5.32 Å². The van der Waals surface area contributed by atoms with Gasteiger partial charge in [0.25, 0.3) is 5.91 Å². The summed E-state index contributed by atoms with van der Waals surface area (Å²) >= 11 is 6.14. The molecule has 4 aromatic rings. The van der Waals surface area contributed by atoms with Crippen molar-refractivity contribution in [1.29, 1.82) is 0 Å². The van der Waals surface area contributed by atoms with E-state index in [1.807, 2.05) is 91.9 Å². The molecule has 1 N–H and O–H groups in total. The third-order valence-electron chi connectivity index (χ3n) is 4.46. The van der Waals surface area contributed by atoms with Crippen LogP contribution in [0.2, 0.25) is 5.02 Å². The summed E-state index contributed by atoms with van der Waals surface area (Å²) < 4.78 is 1.73. The molecule has 0 radical (unpaired) electrons. The molecule has 0 atom stereocenters. The number of rotatable bonds is 4. The van der Waals surface area contributed by atoms with Gasteiger partial charge in [-0.2, -0.15) is 5.10 Å². The molecule has 28 heavy (non-hydrogen) atoms. The van der Waals surface area contributed by atoms with Crippen LogP contribution in [0.3, 0.4) is 0 Å². The largest absolute Gasteiger partial charge is 0.306 e. The molecule has 0 saturated heterocycles. The standard InChI is InChI=1S/C23H18ClN3O/c1-16-8-5-6-13-20(16)23(28)25-22-15-21(17-9-7-10-18(24)14-17)26-27(22)19-11-3-2-4-12-19/h2-15H,1H3,(H,25,28). The number of halogens is 1. The zero-order chi connectivity index (χ0) is 19.5. The Labute approximate surface area is 168 Å². The van der Waals surface area contributed by atoms with E-state index >= 15 is 0 Å². The maximum absolute atomic E-state index is 12.8. The lowest BCUT2D eigenvalue weighted by molar-refractivity contribution is 0.102. The first-order chi connectivity index (χ1) is 13.6. The predicted octanol–water partition coefficient (Wildman–Crippen LogP) is 5.75. The second-order valence-electron chi connectivity index (χ2n) is 6.44. The van der Waals surface area contributed by atoms with Gasteiger partial charge >= 0.3 is 0 Å². The molecule has 0 unspecified atom stereocenters. The summed E-state index contributed by atoms with van der Waals surface area (Å²) in [4.78, 5) is 12.8. The third kappa shape index (κ3) is 3.68. The van der Waals surface area contributed by atoms with Gasteiger partial charge in [0.05, 0.1) is 11.4 Å². The maximum atomic E-state index is 12.8. The minimum atomic E-state index is -0.173. The van der Waals surface area contributed by atoms with E-state index in [1.165, 1.54) is 0 Å². The Balaban J connectivity index is 1.77. The Morgan fingerprint density at radius 1 is 0.929 bits per heavy atom. The van der Waals surface area contributed by atoms with Crippen molar-refractivity contribution in [2.75, 3.05) is 5.32 Å². The Kier molecular flexibility index (Phi) is 4.96. The van der Waals surface area contributed by atoms with E-state index in [2.05, 4.69) is 5.32 Å². The number of aromatic nitrogens is 2. The molecular weight excluding hydrogens is 370 g/mol. The van der Waals surface area contributed by atoms with Crippen LogP contribution >= 0.6 is 11.6 Å². The molecule has 0 bridgehead atoms. The lowest BCUT2D eigenvalue weighted by atomic mass is 10.1. The highest BCUT2D eigenvalue weighted by Gasteiger charge is 2.16. The fourth-order valence-electron chi connectivity index (χ4n) is 3.04. The van der Waals surface area contributed by atoms with Crippen molar-refractivity contribution in [1.82, 2.24) is 9.78 Å². The van der Waals surface area contributed by atoms with Crippen LogP contribution in [0, 0.1) is 6.92 Å². The van der Waals surface area contributed by atoms with Crippen LogP contribution in [0.1, 0.15) is 15.9 Å². The van der Waals surface area contributed by atoms with Crippen LogP contribution in [-0.4, -0.2) is 15.7 Å². The van der Waals surface area contributed by atoms with Crippen molar-refractivity contribution in [2.45, 2.75) is 6.92 Å². The number of anilines is 1. The number of amides is 1. The zero-order valence-electron chi connectivity index (χ0n) is 15.3. The van der Waals surface area contributed by atoms with Crippen LogP contribution in [-0.2, 0) is 0 Å². The Hall–Kier alpha value is -3.37. The number of carbonyl (C=O) groups is 1. The average molecular weight is 388 g/mol. The molecule has 1 amide bonds. The smallest absolute Gasteiger partial charge is 0.257 e. The van der Waals surface area contributed by atoms with Gasteiger partial charge < -0.3 is 5.32 Å². The van der Waals surface area contributed by atoms with Crippen LogP contribution in [0.25, 0.3) is 16.9 Å². The molecular formula is C23H18ClN3O. The zero-order valence-corrected chi connectivity index (χ0v) is 16.0. The second kappa shape index (κ2) is 7.71. The molecule has 0 aliphatic carbocycles. The van der Waals surface area contributed by atoms with Crippen LogP contribution in [0.15, 0.2) is 84.9 Å². The highest BCUT2D eigenvalue weighted by molar-refractivity contribution is 6.30. The number of hydrogen-bond acceptors (Lipinski definition) is 2. The van der Waals surface area contributed by atoms with E-state index in [-0.39, 0.29) is 5.91 Å². The van der Waals surface area contributed by atoms with E-state index in [4.69, 9.17) is 16.7 Å². The molecule has 3 aromatic carbocycles. The Morgan fingerprint density at radius 3 is 2.43 bits per heavy atom. The van der Waals surface area contributed by atoms with Gasteiger partial charge in [-0.15, -0.1) is 0 Å². The summed E-state index contributed by atoms with van der Waals surface area (Å²) in [6.07, 6.45) is 0.